The second-order valence-corrected chi connectivity index (χ2v) is 18.0. The molecule has 19 N–H and O–H groups in total. The van der Waals surface area contributed by atoms with Crippen LogP contribution in [0.3, 0.4) is 0 Å². The van der Waals surface area contributed by atoms with Gasteiger partial charge in [0.25, 0.3) is 0 Å². The Hall–Kier alpha value is -1.24. The van der Waals surface area contributed by atoms with Crippen molar-refractivity contribution < 1.29 is 154 Å². The smallest absolute Gasteiger partial charge is 0.187 e. The first kappa shape index (κ1) is 59.0. The number of hydrogen-bond acceptors (Lipinski definition) is 31. The zero-order valence-corrected chi connectivity index (χ0v) is 38.1. The Kier molecular flexibility index (Phi) is 21.8. The van der Waals surface area contributed by atoms with Gasteiger partial charge in [-0.25, -0.2) is 0 Å². The zero-order valence-electron chi connectivity index (χ0n) is 38.1. The second kappa shape index (κ2) is 26.2. The number of aliphatic hydroxyl groups is 19. The third-order valence-corrected chi connectivity index (χ3v) is 13.2. The lowest BCUT2D eigenvalue weighted by Crippen LogP contribution is -2.68. The number of aliphatic hydroxyl groups excluding tert-OH is 19. The van der Waals surface area contributed by atoms with Gasteiger partial charge in [0.1, 0.15) is 146 Å². The molecule has 12 unspecified atom stereocenters. The molecule has 6 aliphatic rings. The third kappa shape index (κ3) is 12.8. The average molecular weight is 1050 g/mol. The van der Waals surface area contributed by atoms with E-state index in [1.165, 1.54) is 0 Å². The normalized spacial score (nSPS) is 51.0. The van der Waals surface area contributed by atoms with Crippen LogP contribution in [0.5, 0.6) is 0 Å². The predicted molar refractivity (Wildman–Crippen MR) is 218 cm³/mol. The van der Waals surface area contributed by atoms with E-state index in [4.69, 9.17) is 56.8 Å². The Morgan fingerprint density at radius 1 is 0.296 bits per heavy atom. The summed E-state index contributed by atoms with van der Waals surface area (Å²) in [5.41, 5.74) is 0. The summed E-state index contributed by atoms with van der Waals surface area (Å²) in [4.78, 5) is 0. The van der Waals surface area contributed by atoms with Crippen molar-refractivity contribution >= 4 is 0 Å². The summed E-state index contributed by atoms with van der Waals surface area (Å²) in [5, 5.41) is 202. The molecular weight excluding hydrogens is 976 g/mol. The Morgan fingerprint density at radius 2 is 0.620 bits per heavy atom. The van der Waals surface area contributed by atoms with Crippen LogP contribution in [0.2, 0.25) is 0 Å². The summed E-state index contributed by atoms with van der Waals surface area (Å²) >= 11 is 0. The standard InChI is InChI=1S/C40H70O31/c1-2-3-4-60-35-30(59)32(69-36-27(56)22(51)17(46)11(5-41)62-36)31(68-40-34(26(55)21(50)15(9-45)66-40)71-38-29(58)24(53)19(48)13(7-43)64-38)16(67-35)10-61-39-33(25(54)20(49)14(8-44)65-39)70-37-28(57)23(52)18(47)12(6-42)63-37/h11-59H,2-10H2,1H3/t11?,12?,13?,14?,15?,16?,17-,18-,19-,20-,21-,22+,23+,24+,25+,26+,27?,28?,29?,30?,31-,32-,33?,34?,35+,36+,37-,38+,39-,40+/m1/s1. The van der Waals surface area contributed by atoms with E-state index < -0.39 is 224 Å². The van der Waals surface area contributed by atoms with Crippen LogP contribution in [0.25, 0.3) is 0 Å². The van der Waals surface area contributed by atoms with Gasteiger partial charge in [0.05, 0.1) is 39.6 Å². The van der Waals surface area contributed by atoms with Crippen molar-refractivity contribution in [2.45, 2.75) is 204 Å². The number of rotatable bonds is 20. The second-order valence-electron chi connectivity index (χ2n) is 18.0. The van der Waals surface area contributed by atoms with Gasteiger partial charge in [-0.2, -0.15) is 0 Å². The Balaban J connectivity index is 1.39. The molecule has 0 aromatic heterocycles. The minimum absolute atomic E-state index is 0.0872. The lowest BCUT2D eigenvalue weighted by atomic mass is 9.95. The summed E-state index contributed by atoms with van der Waals surface area (Å²) in [6.07, 6.45) is -56.8. The predicted octanol–water partition coefficient (Wildman–Crippen LogP) is -12.3. The summed E-state index contributed by atoms with van der Waals surface area (Å²) < 4.78 is 70.2. The highest BCUT2D eigenvalue weighted by atomic mass is 16.8. The van der Waals surface area contributed by atoms with E-state index in [1.807, 2.05) is 6.92 Å². The van der Waals surface area contributed by atoms with Gasteiger partial charge in [-0.15, -0.1) is 0 Å². The van der Waals surface area contributed by atoms with E-state index in [1.54, 1.807) is 0 Å². The van der Waals surface area contributed by atoms with Gasteiger partial charge in [0.15, 0.2) is 37.7 Å². The molecule has 31 heteroatoms. The van der Waals surface area contributed by atoms with E-state index in [2.05, 4.69) is 0 Å². The molecule has 0 spiro atoms. The highest BCUT2D eigenvalue weighted by molar-refractivity contribution is 5.00. The molecule has 6 saturated heterocycles. The van der Waals surface area contributed by atoms with Gasteiger partial charge in [0.2, 0.25) is 0 Å². The van der Waals surface area contributed by atoms with Crippen LogP contribution in [0, 0.1) is 0 Å². The molecule has 30 atom stereocenters. The van der Waals surface area contributed by atoms with Crippen LogP contribution >= 0.6 is 0 Å². The molecule has 0 amide bonds. The van der Waals surface area contributed by atoms with E-state index in [-0.39, 0.29) is 6.61 Å². The first-order valence-corrected chi connectivity index (χ1v) is 23.1. The van der Waals surface area contributed by atoms with Gasteiger partial charge in [-0.3, -0.25) is 0 Å². The zero-order chi connectivity index (χ0) is 52.2. The van der Waals surface area contributed by atoms with E-state index in [0.29, 0.717) is 12.8 Å². The molecule has 416 valence electrons. The van der Waals surface area contributed by atoms with Crippen molar-refractivity contribution in [3.05, 3.63) is 0 Å². The third-order valence-electron chi connectivity index (χ3n) is 13.2. The number of unbranched alkanes of at least 4 members (excludes halogenated alkanes) is 1. The molecule has 6 rings (SSSR count). The highest BCUT2D eigenvalue weighted by Gasteiger charge is 2.58. The summed E-state index contributed by atoms with van der Waals surface area (Å²) in [6.45, 7) is -3.89. The monoisotopic (exact) mass is 1050 g/mol. The molecule has 0 aliphatic carbocycles. The molecule has 6 aliphatic heterocycles. The molecule has 6 fully saturated rings. The maximum absolute atomic E-state index is 12.0. The van der Waals surface area contributed by atoms with Crippen molar-refractivity contribution in [2.24, 2.45) is 0 Å². The molecule has 6 heterocycles. The maximum atomic E-state index is 12.0. The van der Waals surface area contributed by atoms with Crippen molar-refractivity contribution in [1.29, 1.82) is 0 Å². The Bertz CT molecular complexity index is 1570. The summed E-state index contributed by atoms with van der Waals surface area (Å²) in [6, 6.07) is 0. The SMILES string of the molecule is CCCCO[C@H]1OC(CO[C@@H]2OC(CO)[C@@H](O)[C@H](O)C2O[C@H]2OC(CO)[C@@H](O)[C@H](O)C2O)[C@@H](O[C@@H]2OC(CO)[C@@H](O)[C@H](O)C2O[C@@H]2OC(CO)[C@@H](O)[C@H](O)C2O)[C@H](O[C@@H]2OC(CO)[C@@H](O)[C@H](O)C2O)C1O. The van der Waals surface area contributed by atoms with Crippen molar-refractivity contribution in [1.82, 2.24) is 0 Å². The average Bonchev–Trinajstić information content (AvgIpc) is 3.36. The van der Waals surface area contributed by atoms with Gasteiger partial charge in [0, 0.05) is 6.61 Å². The number of ether oxygens (including phenoxy) is 12. The molecule has 0 radical (unpaired) electrons. The van der Waals surface area contributed by atoms with E-state index >= 15 is 0 Å². The van der Waals surface area contributed by atoms with Gasteiger partial charge >= 0.3 is 0 Å². The molecule has 0 aromatic carbocycles. The maximum Gasteiger partial charge on any atom is 0.187 e. The first-order chi connectivity index (χ1) is 33.8. The van der Waals surface area contributed by atoms with Crippen LogP contribution in [0.4, 0.5) is 0 Å². The van der Waals surface area contributed by atoms with Crippen LogP contribution in [0.15, 0.2) is 0 Å². The van der Waals surface area contributed by atoms with Crippen LogP contribution in [0.1, 0.15) is 19.8 Å². The molecule has 71 heavy (non-hydrogen) atoms. The fourth-order valence-electron chi connectivity index (χ4n) is 8.82. The van der Waals surface area contributed by atoms with Gasteiger partial charge in [-0.1, -0.05) is 13.3 Å². The van der Waals surface area contributed by atoms with Crippen LogP contribution in [-0.4, -0.2) is 328 Å². The molecule has 31 nitrogen and oxygen atoms in total. The summed E-state index contributed by atoms with van der Waals surface area (Å²) in [7, 11) is 0. The minimum Gasteiger partial charge on any atom is -0.394 e. The quantitative estimate of drug-likeness (QED) is 0.0504. The Labute approximate surface area is 403 Å². The fraction of sp³-hybridized carbons (Fsp3) is 1.00. The Morgan fingerprint density at radius 3 is 1.01 bits per heavy atom. The van der Waals surface area contributed by atoms with Crippen molar-refractivity contribution in [3.8, 4) is 0 Å². The molecule has 0 saturated carbocycles. The lowest BCUT2D eigenvalue weighted by Gasteiger charge is -2.50. The summed E-state index contributed by atoms with van der Waals surface area (Å²) in [5.74, 6) is 0. The number of hydrogen-bond donors (Lipinski definition) is 19. The van der Waals surface area contributed by atoms with E-state index in [0.717, 1.165) is 0 Å². The largest absolute Gasteiger partial charge is 0.394 e. The van der Waals surface area contributed by atoms with Gasteiger partial charge in [-0.05, 0) is 6.42 Å². The van der Waals surface area contributed by atoms with E-state index in [9.17, 15) is 97.0 Å². The first-order valence-electron chi connectivity index (χ1n) is 23.1. The van der Waals surface area contributed by atoms with Crippen molar-refractivity contribution in [3.63, 3.8) is 0 Å². The van der Waals surface area contributed by atoms with Crippen LogP contribution < -0.4 is 0 Å². The lowest BCUT2D eigenvalue weighted by molar-refractivity contribution is -0.405. The molecular formula is C40H70O31. The van der Waals surface area contributed by atoms with Crippen molar-refractivity contribution in [2.75, 3.05) is 46.2 Å². The molecule has 0 bridgehead atoms. The van der Waals surface area contributed by atoms with Crippen LogP contribution in [-0.2, 0) is 56.8 Å². The highest BCUT2D eigenvalue weighted by Crippen LogP contribution is 2.37. The van der Waals surface area contributed by atoms with Gasteiger partial charge < -0.3 is 154 Å². The topological polar surface area (TPSA) is 495 Å². The minimum atomic E-state index is -2.16. The fourth-order valence-corrected chi connectivity index (χ4v) is 8.82. The molecule has 0 aromatic rings.